The van der Waals surface area contributed by atoms with Crippen molar-refractivity contribution < 1.29 is 13.9 Å². The van der Waals surface area contributed by atoms with E-state index in [9.17, 15) is 4.79 Å². The van der Waals surface area contributed by atoms with Gasteiger partial charge in [0.15, 0.2) is 0 Å². The molecule has 0 atom stereocenters. The molecule has 0 bridgehead atoms. The lowest BCUT2D eigenvalue weighted by atomic mass is 10.1. The van der Waals surface area contributed by atoms with Crippen LogP contribution in [0.5, 0.6) is 0 Å². The lowest BCUT2D eigenvalue weighted by Gasteiger charge is -1.99. The van der Waals surface area contributed by atoms with E-state index in [1.165, 1.54) is 16.9 Å². The Bertz CT molecular complexity index is 824. The van der Waals surface area contributed by atoms with Gasteiger partial charge >= 0.3 is 0 Å². The van der Waals surface area contributed by atoms with Gasteiger partial charge in [0.1, 0.15) is 17.0 Å². The topological polar surface area (TPSA) is 77.2 Å². The Labute approximate surface area is 143 Å². The van der Waals surface area contributed by atoms with Crippen molar-refractivity contribution in [1.82, 2.24) is 15.3 Å². The average Bonchev–Trinajstić information content (AvgIpc) is 3.23. The summed E-state index contributed by atoms with van der Waals surface area (Å²) in [5.74, 6) is 0.295. The van der Waals surface area contributed by atoms with Gasteiger partial charge in [0.25, 0.3) is 5.91 Å². The zero-order valence-corrected chi connectivity index (χ0v) is 14.2. The monoisotopic (exact) mass is 343 g/mol. The smallest absolute Gasteiger partial charge is 0.271 e. The number of aromatic nitrogens is 2. The van der Waals surface area contributed by atoms with Crippen LogP contribution in [0.15, 0.2) is 40.3 Å². The minimum Gasteiger partial charge on any atom is -0.444 e. The van der Waals surface area contributed by atoms with Crippen LogP contribution in [0.4, 0.5) is 0 Å². The predicted octanol–water partition coefficient (Wildman–Crippen LogP) is 3.18. The standard InChI is InChI=1S/C17H17N3O3S/c1-11-3-5-12(6-4-11)17-19-13(8-23-17)7-18-16(21)14-10-24-15(20-14)9-22-2/h3-6,8,10H,7,9H2,1-2H3,(H,18,21). The molecule has 7 heteroatoms. The molecule has 2 heterocycles. The summed E-state index contributed by atoms with van der Waals surface area (Å²) in [4.78, 5) is 20.7. The van der Waals surface area contributed by atoms with Crippen molar-refractivity contribution >= 4 is 17.2 Å². The molecule has 2 aromatic heterocycles. The summed E-state index contributed by atoms with van der Waals surface area (Å²) in [6.45, 7) is 2.71. The molecule has 124 valence electrons. The van der Waals surface area contributed by atoms with E-state index in [1.807, 2.05) is 31.2 Å². The zero-order chi connectivity index (χ0) is 16.9. The van der Waals surface area contributed by atoms with Crippen LogP contribution < -0.4 is 5.32 Å². The first kappa shape index (κ1) is 16.4. The van der Waals surface area contributed by atoms with Crippen molar-refractivity contribution in [2.45, 2.75) is 20.1 Å². The van der Waals surface area contributed by atoms with Gasteiger partial charge in [-0.25, -0.2) is 9.97 Å². The van der Waals surface area contributed by atoms with Crippen LogP contribution in [0.25, 0.3) is 11.5 Å². The van der Waals surface area contributed by atoms with Crippen LogP contribution in [0.1, 0.15) is 26.8 Å². The first-order valence-electron chi connectivity index (χ1n) is 7.38. The molecule has 24 heavy (non-hydrogen) atoms. The molecular weight excluding hydrogens is 326 g/mol. The van der Waals surface area contributed by atoms with Gasteiger partial charge in [-0.1, -0.05) is 17.7 Å². The van der Waals surface area contributed by atoms with Gasteiger partial charge < -0.3 is 14.5 Å². The highest BCUT2D eigenvalue weighted by atomic mass is 32.1. The van der Waals surface area contributed by atoms with Gasteiger partial charge in [-0.2, -0.15) is 0 Å². The number of oxazole rings is 1. The third-order valence-corrected chi connectivity index (χ3v) is 4.15. The highest BCUT2D eigenvalue weighted by Crippen LogP contribution is 2.19. The molecule has 3 aromatic rings. The minimum absolute atomic E-state index is 0.242. The summed E-state index contributed by atoms with van der Waals surface area (Å²) < 4.78 is 10.5. The third kappa shape index (κ3) is 3.87. The highest BCUT2D eigenvalue weighted by Gasteiger charge is 2.12. The summed E-state index contributed by atoms with van der Waals surface area (Å²) in [5.41, 5.74) is 3.12. The number of carbonyl (C=O) groups excluding carboxylic acids is 1. The quantitative estimate of drug-likeness (QED) is 0.744. The number of aryl methyl sites for hydroxylation is 1. The molecule has 0 unspecified atom stereocenters. The molecule has 0 aliphatic carbocycles. The Morgan fingerprint density at radius 2 is 2.08 bits per heavy atom. The molecule has 0 radical (unpaired) electrons. The zero-order valence-electron chi connectivity index (χ0n) is 13.4. The van der Waals surface area contributed by atoms with Crippen molar-refractivity contribution in [2.75, 3.05) is 7.11 Å². The lowest BCUT2D eigenvalue weighted by molar-refractivity contribution is 0.0945. The number of benzene rings is 1. The molecule has 0 fully saturated rings. The summed E-state index contributed by atoms with van der Waals surface area (Å²) in [6.07, 6.45) is 1.55. The number of rotatable bonds is 6. The number of ether oxygens (including phenoxy) is 1. The van der Waals surface area contributed by atoms with Crippen molar-refractivity contribution in [3.63, 3.8) is 0 Å². The molecule has 0 saturated carbocycles. The van der Waals surface area contributed by atoms with Crippen molar-refractivity contribution in [2.24, 2.45) is 0 Å². The molecule has 0 aliphatic rings. The normalized spacial score (nSPS) is 10.8. The molecule has 0 spiro atoms. The second kappa shape index (κ2) is 7.37. The Hall–Kier alpha value is -2.51. The number of carbonyl (C=O) groups is 1. The number of nitrogens with zero attached hydrogens (tertiary/aromatic N) is 2. The molecular formula is C17H17N3O3S. The fourth-order valence-corrected chi connectivity index (χ4v) is 2.83. The number of nitrogens with one attached hydrogen (secondary N) is 1. The van der Waals surface area contributed by atoms with E-state index in [0.717, 1.165) is 10.6 Å². The van der Waals surface area contributed by atoms with E-state index < -0.39 is 0 Å². The molecule has 0 saturated heterocycles. The second-order valence-electron chi connectivity index (χ2n) is 5.25. The fourth-order valence-electron chi connectivity index (χ4n) is 2.08. The van der Waals surface area contributed by atoms with Crippen LogP contribution in [-0.4, -0.2) is 23.0 Å². The molecule has 1 N–H and O–H groups in total. The Morgan fingerprint density at radius 1 is 1.29 bits per heavy atom. The number of hydrogen-bond acceptors (Lipinski definition) is 6. The first-order chi connectivity index (χ1) is 11.7. The van der Waals surface area contributed by atoms with Crippen molar-refractivity contribution in [3.05, 3.63) is 57.9 Å². The SMILES string of the molecule is COCc1nc(C(=O)NCc2coc(-c3ccc(C)cc3)n2)cs1. The van der Waals surface area contributed by atoms with E-state index in [-0.39, 0.29) is 12.5 Å². The summed E-state index contributed by atoms with van der Waals surface area (Å²) in [5, 5.41) is 5.27. The van der Waals surface area contributed by atoms with Gasteiger partial charge in [0.05, 0.1) is 18.8 Å². The van der Waals surface area contributed by atoms with Crippen LogP contribution in [-0.2, 0) is 17.9 Å². The number of hydrogen-bond donors (Lipinski definition) is 1. The van der Waals surface area contributed by atoms with Gasteiger partial charge in [-0.05, 0) is 19.1 Å². The molecule has 1 aromatic carbocycles. The first-order valence-corrected chi connectivity index (χ1v) is 8.26. The average molecular weight is 343 g/mol. The van der Waals surface area contributed by atoms with Crippen LogP contribution in [0, 0.1) is 6.92 Å². The molecule has 1 amide bonds. The summed E-state index contributed by atoms with van der Waals surface area (Å²) in [6, 6.07) is 7.91. The lowest BCUT2D eigenvalue weighted by Crippen LogP contribution is -2.23. The van der Waals surface area contributed by atoms with Crippen LogP contribution >= 0.6 is 11.3 Å². The van der Waals surface area contributed by atoms with Gasteiger partial charge in [0, 0.05) is 18.1 Å². The Morgan fingerprint density at radius 3 is 2.83 bits per heavy atom. The molecule has 6 nitrogen and oxygen atoms in total. The van der Waals surface area contributed by atoms with Gasteiger partial charge in [-0.3, -0.25) is 4.79 Å². The maximum Gasteiger partial charge on any atom is 0.271 e. The van der Waals surface area contributed by atoms with E-state index in [0.29, 0.717) is 23.9 Å². The van der Waals surface area contributed by atoms with E-state index in [2.05, 4.69) is 15.3 Å². The third-order valence-electron chi connectivity index (χ3n) is 3.33. The number of amides is 1. The minimum atomic E-state index is -0.242. The maximum atomic E-state index is 12.1. The van der Waals surface area contributed by atoms with Crippen molar-refractivity contribution in [3.8, 4) is 11.5 Å². The highest BCUT2D eigenvalue weighted by molar-refractivity contribution is 7.09. The fraction of sp³-hybridized carbons (Fsp3) is 0.235. The van der Waals surface area contributed by atoms with E-state index in [1.54, 1.807) is 18.8 Å². The number of methoxy groups -OCH3 is 1. The van der Waals surface area contributed by atoms with E-state index >= 15 is 0 Å². The van der Waals surface area contributed by atoms with Crippen molar-refractivity contribution in [1.29, 1.82) is 0 Å². The van der Waals surface area contributed by atoms with Crippen LogP contribution in [0.3, 0.4) is 0 Å². The predicted molar refractivity (Wildman–Crippen MR) is 90.7 cm³/mol. The second-order valence-corrected chi connectivity index (χ2v) is 6.19. The summed E-state index contributed by atoms with van der Waals surface area (Å²) >= 11 is 1.40. The number of thiazole rings is 1. The summed E-state index contributed by atoms with van der Waals surface area (Å²) in [7, 11) is 1.59. The maximum absolute atomic E-state index is 12.1. The largest absolute Gasteiger partial charge is 0.444 e. The molecule has 0 aliphatic heterocycles. The van der Waals surface area contributed by atoms with E-state index in [4.69, 9.17) is 9.15 Å². The van der Waals surface area contributed by atoms with Gasteiger partial charge in [-0.15, -0.1) is 11.3 Å². The Balaban J connectivity index is 1.60. The van der Waals surface area contributed by atoms with Crippen LogP contribution in [0.2, 0.25) is 0 Å². The Kier molecular flexibility index (Phi) is 5.02. The molecule has 3 rings (SSSR count). The van der Waals surface area contributed by atoms with Gasteiger partial charge in [0.2, 0.25) is 5.89 Å².